The lowest BCUT2D eigenvalue weighted by Crippen LogP contribution is -2.25. The number of hydrogen-bond acceptors (Lipinski definition) is 3. The van der Waals surface area contributed by atoms with Crippen LogP contribution in [0.5, 0.6) is 0 Å². The molecule has 0 bridgehead atoms. The number of nitrogens with zero attached hydrogens (tertiary/aromatic N) is 1. The molecule has 0 radical (unpaired) electrons. The average Bonchev–Trinajstić information content (AvgIpc) is 2.45. The lowest BCUT2D eigenvalue weighted by Gasteiger charge is -2.18. The first-order chi connectivity index (χ1) is 6.09. The Morgan fingerprint density at radius 1 is 1.38 bits per heavy atom. The van der Waals surface area contributed by atoms with Gasteiger partial charge in [-0.05, 0) is 0 Å². The van der Waals surface area contributed by atoms with Crippen LogP contribution in [0.15, 0.2) is 4.52 Å². The van der Waals surface area contributed by atoms with Crippen molar-refractivity contribution in [2.45, 2.75) is 39.2 Å². The van der Waals surface area contributed by atoms with Gasteiger partial charge in [-0.2, -0.15) is 0 Å². The summed E-state index contributed by atoms with van der Waals surface area (Å²) in [7, 11) is 0. The molecular formula is C10H16N2O. The normalized spacial score (nSPS) is 17.2. The standard InChI is InChI=1S/C10H16N2O/c1-10(2,3)9-7-6-11-5-4-8(7)13-12-9/h11H,4-6H2,1-3H3. The summed E-state index contributed by atoms with van der Waals surface area (Å²) in [6.45, 7) is 8.41. The van der Waals surface area contributed by atoms with E-state index in [0.717, 1.165) is 31.0 Å². The van der Waals surface area contributed by atoms with Crippen molar-refractivity contribution in [1.82, 2.24) is 10.5 Å². The highest BCUT2D eigenvalue weighted by molar-refractivity contribution is 5.29. The van der Waals surface area contributed by atoms with Crippen LogP contribution >= 0.6 is 0 Å². The maximum atomic E-state index is 5.32. The summed E-state index contributed by atoms with van der Waals surface area (Å²) in [5.41, 5.74) is 2.48. The van der Waals surface area contributed by atoms with Gasteiger partial charge in [-0.15, -0.1) is 0 Å². The molecule has 1 N–H and O–H groups in total. The second-order valence-corrected chi connectivity index (χ2v) is 4.61. The van der Waals surface area contributed by atoms with Gasteiger partial charge in [0.05, 0.1) is 5.69 Å². The smallest absolute Gasteiger partial charge is 0.142 e. The van der Waals surface area contributed by atoms with Crippen molar-refractivity contribution in [3.05, 3.63) is 17.0 Å². The van der Waals surface area contributed by atoms with Crippen LogP contribution in [0, 0.1) is 0 Å². The number of fused-ring (bicyclic) bond motifs is 1. The predicted molar refractivity (Wildman–Crippen MR) is 50.6 cm³/mol. The topological polar surface area (TPSA) is 38.1 Å². The fourth-order valence-electron chi connectivity index (χ4n) is 1.73. The summed E-state index contributed by atoms with van der Waals surface area (Å²) >= 11 is 0. The number of aromatic nitrogens is 1. The Kier molecular flexibility index (Phi) is 1.91. The number of nitrogens with one attached hydrogen (secondary N) is 1. The molecule has 2 rings (SSSR count). The molecule has 0 aromatic carbocycles. The highest BCUT2D eigenvalue weighted by Gasteiger charge is 2.26. The summed E-state index contributed by atoms with van der Waals surface area (Å²) in [4.78, 5) is 0. The zero-order valence-electron chi connectivity index (χ0n) is 8.48. The van der Waals surface area contributed by atoms with Crippen molar-refractivity contribution in [2.24, 2.45) is 0 Å². The Bertz CT molecular complexity index is 309. The maximum Gasteiger partial charge on any atom is 0.142 e. The minimum atomic E-state index is 0.0934. The van der Waals surface area contributed by atoms with Crippen LogP contribution in [0.2, 0.25) is 0 Å². The molecule has 1 aliphatic heterocycles. The van der Waals surface area contributed by atoms with Crippen molar-refractivity contribution in [3.63, 3.8) is 0 Å². The Hall–Kier alpha value is -0.830. The lowest BCUT2D eigenvalue weighted by molar-refractivity contribution is 0.359. The fourth-order valence-corrected chi connectivity index (χ4v) is 1.73. The molecule has 0 amide bonds. The van der Waals surface area contributed by atoms with E-state index in [-0.39, 0.29) is 5.41 Å². The third kappa shape index (κ3) is 1.48. The molecule has 72 valence electrons. The Morgan fingerprint density at radius 3 is 2.85 bits per heavy atom. The van der Waals surface area contributed by atoms with Gasteiger partial charge in [0.15, 0.2) is 0 Å². The van der Waals surface area contributed by atoms with Crippen LogP contribution < -0.4 is 5.32 Å². The van der Waals surface area contributed by atoms with Gasteiger partial charge in [0.1, 0.15) is 5.76 Å². The minimum absolute atomic E-state index is 0.0934. The van der Waals surface area contributed by atoms with Gasteiger partial charge in [-0.1, -0.05) is 25.9 Å². The van der Waals surface area contributed by atoms with Crippen LogP contribution in [0.1, 0.15) is 37.8 Å². The van der Waals surface area contributed by atoms with E-state index in [0.29, 0.717) is 0 Å². The fraction of sp³-hybridized carbons (Fsp3) is 0.700. The van der Waals surface area contributed by atoms with E-state index in [2.05, 4.69) is 31.2 Å². The Morgan fingerprint density at radius 2 is 2.15 bits per heavy atom. The highest BCUT2D eigenvalue weighted by Crippen LogP contribution is 2.28. The largest absolute Gasteiger partial charge is 0.361 e. The lowest BCUT2D eigenvalue weighted by atomic mass is 9.88. The zero-order chi connectivity index (χ0) is 9.47. The van der Waals surface area contributed by atoms with Gasteiger partial charge in [-0.25, -0.2) is 0 Å². The number of rotatable bonds is 0. The van der Waals surface area contributed by atoms with E-state index < -0.39 is 0 Å². The van der Waals surface area contributed by atoms with Crippen molar-refractivity contribution in [1.29, 1.82) is 0 Å². The quantitative estimate of drug-likeness (QED) is 0.659. The first-order valence-corrected chi connectivity index (χ1v) is 4.77. The zero-order valence-corrected chi connectivity index (χ0v) is 8.48. The monoisotopic (exact) mass is 180 g/mol. The molecule has 13 heavy (non-hydrogen) atoms. The van der Waals surface area contributed by atoms with E-state index in [1.165, 1.54) is 5.56 Å². The molecule has 0 saturated carbocycles. The summed E-state index contributed by atoms with van der Waals surface area (Å²) in [6, 6.07) is 0. The first-order valence-electron chi connectivity index (χ1n) is 4.77. The molecule has 0 unspecified atom stereocenters. The van der Waals surface area contributed by atoms with Crippen LogP contribution in [0.4, 0.5) is 0 Å². The van der Waals surface area contributed by atoms with E-state index >= 15 is 0 Å². The van der Waals surface area contributed by atoms with Crippen molar-refractivity contribution < 1.29 is 4.52 Å². The summed E-state index contributed by atoms with van der Waals surface area (Å²) in [5, 5.41) is 7.49. The van der Waals surface area contributed by atoms with Crippen molar-refractivity contribution in [3.8, 4) is 0 Å². The summed E-state index contributed by atoms with van der Waals surface area (Å²) in [6.07, 6.45) is 0.971. The van der Waals surface area contributed by atoms with E-state index in [1.807, 2.05) is 0 Å². The van der Waals surface area contributed by atoms with Crippen molar-refractivity contribution in [2.75, 3.05) is 6.54 Å². The van der Waals surface area contributed by atoms with Gasteiger partial charge in [0, 0.05) is 30.5 Å². The molecule has 1 aliphatic rings. The van der Waals surface area contributed by atoms with Crippen LogP contribution in [-0.4, -0.2) is 11.7 Å². The Labute approximate surface area is 78.5 Å². The highest BCUT2D eigenvalue weighted by atomic mass is 16.5. The second-order valence-electron chi connectivity index (χ2n) is 4.61. The number of hydrogen-bond donors (Lipinski definition) is 1. The molecule has 0 spiro atoms. The third-order valence-corrected chi connectivity index (χ3v) is 2.41. The SMILES string of the molecule is CC(C)(C)c1noc2c1CNCC2. The third-order valence-electron chi connectivity index (χ3n) is 2.41. The molecule has 0 saturated heterocycles. The first kappa shape index (κ1) is 8.75. The van der Waals surface area contributed by atoms with E-state index in [9.17, 15) is 0 Å². The van der Waals surface area contributed by atoms with Gasteiger partial charge in [-0.3, -0.25) is 0 Å². The molecule has 3 heteroatoms. The molecule has 0 fully saturated rings. The summed E-state index contributed by atoms with van der Waals surface area (Å²) in [5.74, 6) is 1.07. The van der Waals surface area contributed by atoms with Gasteiger partial charge >= 0.3 is 0 Å². The molecule has 1 aromatic heterocycles. The molecule has 0 atom stereocenters. The van der Waals surface area contributed by atoms with Crippen LogP contribution in [0.3, 0.4) is 0 Å². The van der Waals surface area contributed by atoms with E-state index in [1.54, 1.807) is 0 Å². The van der Waals surface area contributed by atoms with Gasteiger partial charge in [0.25, 0.3) is 0 Å². The van der Waals surface area contributed by atoms with Crippen LogP contribution in [0.25, 0.3) is 0 Å². The van der Waals surface area contributed by atoms with Crippen molar-refractivity contribution >= 4 is 0 Å². The maximum absolute atomic E-state index is 5.32. The second kappa shape index (κ2) is 2.84. The predicted octanol–water partition coefficient (Wildman–Crippen LogP) is 1.62. The molecule has 0 aliphatic carbocycles. The van der Waals surface area contributed by atoms with Gasteiger partial charge in [0.2, 0.25) is 0 Å². The summed E-state index contributed by atoms with van der Waals surface area (Å²) < 4.78 is 5.32. The minimum Gasteiger partial charge on any atom is -0.361 e. The van der Waals surface area contributed by atoms with E-state index in [4.69, 9.17) is 4.52 Å². The molecule has 1 aromatic rings. The Balaban J connectivity index is 2.43. The van der Waals surface area contributed by atoms with Gasteiger partial charge < -0.3 is 9.84 Å². The molecule has 3 nitrogen and oxygen atoms in total. The average molecular weight is 180 g/mol. The van der Waals surface area contributed by atoms with Crippen LogP contribution in [-0.2, 0) is 18.4 Å². The molecule has 2 heterocycles. The molecular weight excluding hydrogens is 164 g/mol.